The summed E-state index contributed by atoms with van der Waals surface area (Å²) in [4.78, 5) is 12.6. The number of likely N-dealkylation sites (N-methyl/N-ethyl adjacent to an activating group) is 1. The van der Waals surface area contributed by atoms with Crippen LogP contribution >= 0.6 is 0 Å². The maximum Gasteiger partial charge on any atom is 0.243 e. The van der Waals surface area contributed by atoms with Crippen LogP contribution in [0.1, 0.15) is 6.92 Å². The molecule has 3 aromatic carbocycles. The van der Waals surface area contributed by atoms with E-state index in [9.17, 15) is 13.2 Å². The molecule has 0 unspecified atom stereocenters. The molecule has 0 saturated carbocycles. The number of carbonyl (C=O) groups is 1. The highest BCUT2D eigenvalue weighted by Gasteiger charge is 2.23. The van der Waals surface area contributed by atoms with E-state index in [1.807, 2.05) is 25.1 Å². The van der Waals surface area contributed by atoms with Gasteiger partial charge in [0.05, 0.1) is 23.7 Å². The Kier molecular flexibility index (Phi) is 7.28. The Bertz CT molecular complexity index is 1120. The zero-order chi connectivity index (χ0) is 22.3. The SMILES string of the molecule is CCOc1ccc(S(=O)(=O)N(C)CC(=O)Nc2ccccc2Oc2ccccc2)cc1. The van der Waals surface area contributed by atoms with Crippen molar-refractivity contribution in [3.05, 3.63) is 78.9 Å². The summed E-state index contributed by atoms with van der Waals surface area (Å²) in [6.45, 7) is 1.98. The number of anilines is 1. The van der Waals surface area contributed by atoms with Crippen molar-refractivity contribution in [3.63, 3.8) is 0 Å². The minimum atomic E-state index is -3.83. The van der Waals surface area contributed by atoms with Crippen molar-refractivity contribution < 1.29 is 22.7 Å². The van der Waals surface area contributed by atoms with Gasteiger partial charge < -0.3 is 14.8 Å². The number of benzene rings is 3. The van der Waals surface area contributed by atoms with Crippen LogP contribution < -0.4 is 14.8 Å². The van der Waals surface area contributed by atoms with Gasteiger partial charge in [0.2, 0.25) is 15.9 Å². The first kappa shape index (κ1) is 22.3. The van der Waals surface area contributed by atoms with Crippen LogP contribution in [0.15, 0.2) is 83.8 Å². The normalized spacial score (nSPS) is 11.2. The fourth-order valence-electron chi connectivity index (χ4n) is 2.81. The number of sulfonamides is 1. The first-order chi connectivity index (χ1) is 14.9. The summed E-state index contributed by atoms with van der Waals surface area (Å²) in [5.74, 6) is 1.18. The molecule has 1 amide bonds. The van der Waals surface area contributed by atoms with Gasteiger partial charge in [-0.25, -0.2) is 8.42 Å². The Morgan fingerprint density at radius 3 is 2.23 bits per heavy atom. The third-order valence-electron chi connectivity index (χ3n) is 4.34. The average Bonchev–Trinajstić information content (AvgIpc) is 2.76. The van der Waals surface area contributed by atoms with Gasteiger partial charge in [0.15, 0.2) is 5.75 Å². The Morgan fingerprint density at radius 1 is 0.903 bits per heavy atom. The quantitative estimate of drug-likeness (QED) is 0.541. The number of rotatable bonds is 9. The lowest BCUT2D eigenvalue weighted by Crippen LogP contribution is -2.35. The molecule has 0 heterocycles. The van der Waals surface area contributed by atoms with Gasteiger partial charge in [-0.2, -0.15) is 4.31 Å². The van der Waals surface area contributed by atoms with E-state index in [0.717, 1.165) is 4.31 Å². The summed E-state index contributed by atoms with van der Waals surface area (Å²) in [6, 6.07) is 22.2. The summed E-state index contributed by atoms with van der Waals surface area (Å²) in [6.07, 6.45) is 0. The van der Waals surface area contributed by atoms with Crippen LogP contribution in [0.5, 0.6) is 17.2 Å². The molecule has 3 aromatic rings. The van der Waals surface area contributed by atoms with Crippen LogP contribution in [0.3, 0.4) is 0 Å². The highest BCUT2D eigenvalue weighted by molar-refractivity contribution is 7.89. The lowest BCUT2D eigenvalue weighted by Gasteiger charge is -2.18. The Morgan fingerprint density at radius 2 is 1.55 bits per heavy atom. The van der Waals surface area contributed by atoms with Crippen LogP contribution in [0.25, 0.3) is 0 Å². The minimum Gasteiger partial charge on any atom is -0.494 e. The molecule has 162 valence electrons. The molecule has 0 bridgehead atoms. The number of carbonyl (C=O) groups excluding carboxylic acids is 1. The van der Waals surface area contributed by atoms with Gasteiger partial charge in [-0.3, -0.25) is 4.79 Å². The van der Waals surface area contributed by atoms with Crippen LogP contribution in [0.2, 0.25) is 0 Å². The molecule has 0 fully saturated rings. The molecule has 0 atom stereocenters. The van der Waals surface area contributed by atoms with Gasteiger partial charge in [-0.1, -0.05) is 30.3 Å². The van der Waals surface area contributed by atoms with E-state index in [0.29, 0.717) is 29.5 Å². The van der Waals surface area contributed by atoms with Crippen LogP contribution in [0, 0.1) is 0 Å². The fraction of sp³-hybridized carbons (Fsp3) is 0.174. The molecule has 0 aromatic heterocycles. The predicted molar refractivity (Wildman–Crippen MR) is 119 cm³/mol. The molecule has 0 aliphatic carbocycles. The molecular formula is C23H24N2O5S. The second-order valence-corrected chi connectivity index (χ2v) is 8.67. The number of para-hydroxylation sites is 3. The fourth-order valence-corrected chi connectivity index (χ4v) is 3.93. The smallest absolute Gasteiger partial charge is 0.243 e. The van der Waals surface area contributed by atoms with Crippen molar-refractivity contribution in [2.24, 2.45) is 0 Å². The van der Waals surface area contributed by atoms with Crippen molar-refractivity contribution in [1.29, 1.82) is 0 Å². The Labute approximate surface area is 182 Å². The molecule has 0 aliphatic rings. The van der Waals surface area contributed by atoms with Gasteiger partial charge in [0.25, 0.3) is 0 Å². The van der Waals surface area contributed by atoms with Crippen LogP contribution in [-0.4, -0.2) is 38.8 Å². The molecule has 3 rings (SSSR count). The third kappa shape index (κ3) is 5.84. The molecule has 1 N–H and O–H groups in total. The first-order valence-electron chi connectivity index (χ1n) is 9.71. The van der Waals surface area contributed by atoms with Crippen LogP contribution in [0.4, 0.5) is 5.69 Å². The van der Waals surface area contributed by atoms with E-state index in [2.05, 4.69) is 5.32 Å². The number of amides is 1. The van der Waals surface area contributed by atoms with E-state index in [4.69, 9.17) is 9.47 Å². The van der Waals surface area contributed by atoms with Gasteiger partial charge in [-0.05, 0) is 55.5 Å². The summed E-state index contributed by atoms with van der Waals surface area (Å²) < 4.78 is 37.7. The number of hydrogen-bond donors (Lipinski definition) is 1. The van der Waals surface area contributed by atoms with Crippen molar-refractivity contribution >= 4 is 21.6 Å². The number of ether oxygens (including phenoxy) is 2. The van der Waals surface area contributed by atoms with Crippen LogP contribution in [-0.2, 0) is 14.8 Å². The molecule has 0 radical (unpaired) electrons. The van der Waals surface area contributed by atoms with Gasteiger partial charge >= 0.3 is 0 Å². The maximum absolute atomic E-state index is 12.8. The Balaban J connectivity index is 1.68. The van der Waals surface area contributed by atoms with E-state index >= 15 is 0 Å². The zero-order valence-electron chi connectivity index (χ0n) is 17.3. The maximum atomic E-state index is 12.8. The number of hydrogen-bond acceptors (Lipinski definition) is 5. The van der Waals surface area contributed by atoms with Crippen molar-refractivity contribution in [3.8, 4) is 17.2 Å². The standard InChI is InChI=1S/C23H24N2O5S/c1-3-29-18-13-15-20(16-14-18)31(27,28)25(2)17-23(26)24-21-11-7-8-12-22(21)30-19-9-5-4-6-10-19/h4-16H,3,17H2,1-2H3,(H,24,26). The highest BCUT2D eigenvalue weighted by Crippen LogP contribution is 2.29. The van der Waals surface area contributed by atoms with Crippen molar-refractivity contribution in [2.45, 2.75) is 11.8 Å². The summed E-state index contributed by atoms with van der Waals surface area (Å²) in [5.41, 5.74) is 0.447. The van der Waals surface area contributed by atoms with E-state index in [1.165, 1.54) is 19.2 Å². The van der Waals surface area contributed by atoms with Gasteiger partial charge in [0, 0.05) is 7.05 Å². The Hall–Kier alpha value is -3.36. The number of nitrogens with zero attached hydrogens (tertiary/aromatic N) is 1. The lowest BCUT2D eigenvalue weighted by molar-refractivity contribution is -0.116. The summed E-state index contributed by atoms with van der Waals surface area (Å²) >= 11 is 0. The zero-order valence-corrected chi connectivity index (χ0v) is 18.1. The minimum absolute atomic E-state index is 0.0825. The summed E-state index contributed by atoms with van der Waals surface area (Å²) in [5, 5.41) is 2.72. The molecule has 0 spiro atoms. The molecule has 0 saturated heterocycles. The molecule has 31 heavy (non-hydrogen) atoms. The van der Waals surface area contributed by atoms with Crippen molar-refractivity contribution in [2.75, 3.05) is 25.5 Å². The first-order valence-corrected chi connectivity index (χ1v) is 11.1. The molecule has 8 heteroatoms. The molecular weight excluding hydrogens is 416 g/mol. The second-order valence-electron chi connectivity index (χ2n) is 6.62. The van der Waals surface area contributed by atoms with Gasteiger partial charge in [-0.15, -0.1) is 0 Å². The molecule has 0 aliphatic heterocycles. The monoisotopic (exact) mass is 440 g/mol. The average molecular weight is 441 g/mol. The number of nitrogens with one attached hydrogen (secondary N) is 1. The van der Waals surface area contributed by atoms with E-state index < -0.39 is 15.9 Å². The largest absolute Gasteiger partial charge is 0.494 e. The highest BCUT2D eigenvalue weighted by atomic mass is 32.2. The van der Waals surface area contributed by atoms with E-state index in [-0.39, 0.29) is 11.4 Å². The van der Waals surface area contributed by atoms with Crippen molar-refractivity contribution in [1.82, 2.24) is 4.31 Å². The lowest BCUT2D eigenvalue weighted by atomic mass is 10.3. The molecule has 7 nitrogen and oxygen atoms in total. The van der Waals surface area contributed by atoms with Gasteiger partial charge in [0.1, 0.15) is 11.5 Å². The summed E-state index contributed by atoms with van der Waals surface area (Å²) in [7, 11) is -2.47. The second kappa shape index (κ2) is 10.1. The van der Waals surface area contributed by atoms with E-state index in [1.54, 1.807) is 48.5 Å². The third-order valence-corrected chi connectivity index (χ3v) is 6.16. The predicted octanol–water partition coefficient (Wildman–Crippen LogP) is 4.14. The topological polar surface area (TPSA) is 84.9 Å².